The number of hydrogen-bond acceptors (Lipinski definition) is 21. The number of furan rings is 1. The number of thiophene rings is 1. The Labute approximate surface area is 607 Å². The smallest absolute Gasteiger partial charge is 0.357 e. The number of ether oxygens (including phenoxy) is 1. The first-order chi connectivity index (χ1) is 48.6. The van der Waals surface area contributed by atoms with Crippen LogP contribution in [0, 0.1) is 30.3 Å². The zero-order valence-electron chi connectivity index (χ0n) is 57.7. The summed E-state index contributed by atoms with van der Waals surface area (Å²) in [5.74, 6) is 0.590. The number of benzene rings is 4. The third-order valence-corrected chi connectivity index (χ3v) is 19.0. The molecule has 9 aromatic rings. The molecule has 0 radical (unpaired) electrons. The molecule has 104 heavy (non-hydrogen) atoms. The molecule has 3 aliphatic rings. The molecule has 556 valence electrons. The van der Waals surface area contributed by atoms with Crippen molar-refractivity contribution in [2.24, 2.45) is 0 Å². The molecule has 3 fully saturated rings. The minimum absolute atomic E-state index is 0. The van der Waals surface area contributed by atoms with Gasteiger partial charge >= 0.3 is 33.7 Å². The van der Waals surface area contributed by atoms with Gasteiger partial charge in [-0.2, -0.15) is 0 Å². The third-order valence-electron chi connectivity index (χ3n) is 18.1. The van der Waals surface area contributed by atoms with Gasteiger partial charge in [0.05, 0.1) is 49.6 Å². The van der Waals surface area contributed by atoms with Gasteiger partial charge in [-0.25, -0.2) is 0 Å². The van der Waals surface area contributed by atoms with Crippen molar-refractivity contribution >= 4 is 95.9 Å². The molecule has 12 rings (SSSR count). The van der Waals surface area contributed by atoms with E-state index in [9.17, 15) is 59.1 Å². The number of nitro groups is 3. The molecule has 5 aromatic heterocycles. The summed E-state index contributed by atoms with van der Waals surface area (Å²) in [6.07, 6.45) is 2.85. The van der Waals surface area contributed by atoms with Crippen LogP contribution < -0.4 is 36.1 Å². The highest BCUT2D eigenvalue weighted by atomic mass is 32.1. The lowest BCUT2D eigenvalue weighted by molar-refractivity contribution is -0.385. The molecule has 3 amide bonds. The fourth-order valence-corrected chi connectivity index (χ4v) is 13.8. The van der Waals surface area contributed by atoms with Gasteiger partial charge in [0.25, 0.3) is 17.7 Å². The number of nitrogens with zero attached hydrogens (tertiary/aromatic N) is 15. The van der Waals surface area contributed by atoms with Crippen LogP contribution in [0.15, 0.2) is 152 Å². The number of amides is 3. The van der Waals surface area contributed by atoms with E-state index in [0.29, 0.717) is 184 Å². The second kappa shape index (κ2) is 36.4. The maximum atomic E-state index is 13.3. The second-order valence-corrected chi connectivity index (χ2v) is 26.4. The van der Waals surface area contributed by atoms with Gasteiger partial charge in [0.2, 0.25) is 0 Å². The molecular formula is C74H95N15O14S. The molecule has 30 heteroatoms. The number of carbonyl (C=O) groups excluding carboxylic acids is 3. The largest absolute Gasteiger partial charge is 0.497 e. The number of fused-ring (bicyclic) bond motifs is 3. The fourth-order valence-electron chi connectivity index (χ4n) is 13.1. The first kappa shape index (κ1) is 80.5. The maximum absolute atomic E-state index is 13.3. The maximum Gasteiger partial charge on any atom is 0.357 e. The van der Waals surface area contributed by atoms with E-state index in [2.05, 4.69) is 0 Å². The predicted octanol–water partition coefficient (Wildman–Crippen LogP) is 9.65. The number of pyridine rings is 3. The van der Waals surface area contributed by atoms with Gasteiger partial charge in [-0.05, 0) is 134 Å². The van der Waals surface area contributed by atoms with E-state index in [1.807, 2.05) is 156 Å². The van der Waals surface area contributed by atoms with Gasteiger partial charge in [-0.15, -0.1) is 11.3 Å². The molecule has 3 saturated heterocycles. The Hall–Kier alpha value is -10.8. The van der Waals surface area contributed by atoms with Crippen LogP contribution in [0.2, 0.25) is 0 Å². The van der Waals surface area contributed by atoms with Crippen LogP contribution in [0.25, 0.3) is 32.7 Å². The van der Waals surface area contributed by atoms with Crippen molar-refractivity contribution in [3.63, 3.8) is 0 Å². The number of piperazine rings is 3. The molecule has 0 bridgehead atoms. The molecule has 0 N–H and O–H groups in total. The summed E-state index contributed by atoms with van der Waals surface area (Å²) >= 11 is 1.40. The average molecular weight is 1450 g/mol. The molecule has 3 aliphatic heterocycles. The van der Waals surface area contributed by atoms with Crippen molar-refractivity contribution < 1.29 is 38.3 Å². The fraction of sp³-hybridized carbons (Fsp3) is 0.405. The number of methoxy groups -OCH3 is 1. The van der Waals surface area contributed by atoms with E-state index in [4.69, 9.17) is 9.15 Å². The highest BCUT2D eigenvalue weighted by molar-refractivity contribution is 7.12. The Morgan fingerprint density at radius 2 is 0.817 bits per heavy atom. The molecule has 4 aromatic carbocycles. The number of rotatable bonds is 21. The van der Waals surface area contributed by atoms with Crippen LogP contribution in [-0.2, 0) is 19.6 Å². The number of likely N-dealkylation sites (N-methyl/N-ethyl adjacent to an activating group) is 1. The molecule has 0 spiro atoms. The van der Waals surface area contributed by atoms with E-state index in [-0.39, 0.29) is 45.8 Å². The lowest BCUT2D eigenvalue weighted by Gasteiger charge is -2.36. The van der Waals surface area contributed by atoms with Gasteiger partial charge < -0.3 is 67.0 Å². The summed E-state index contributed by atoms with van der Waals surface area (Å²) in [5, 5.41) is 40.1. The zero-order valence-corrected chi connectivity index (χ0v) is 58.5. The minimum atomic E-state index is -0.609. The topological polar surface area (TPSA) is 298 Å². The number of carbonyl (C=O) groups is 3. The summed E-state index contributed by atoms with van der Waals surface area (Å²) < 4.78 is 14.9. The quantitative estimate of drug-likeness (QED) is 0.0477. The molecule has 0 aliphatic carbocycles. The normalized spacial score (nSPS) is 13.8. The van der Waals surface area contributed by atoms with Crippen LogP contribution >= 0.6 is 11.3 Å². The lowest BCUT2D eigenvalue weighted by atomic mass is 10.1. The van der Waals surface area contributed by atoms with Crippen molar-refractivity contribution in [3.8, 4) is 5.75 Å². The van der Waals surface area contributed by atoms with Crippen molar-refractivity contribution in [1.29, 1.82) is 0 Å². The summed E-state index contributed by atoms with van der Waals surface area (Å²) in [6, 6.07) is 35.8. The highest BCUT2D eigenvalue weighted by Crippen LogP contribution is 2.38. The Balaban J connectivity index is 0.000000215. The van der Waals surface area contributed by atoms with Crippen molar-refractivity contribution in [2.45, 2.75) is 54.8 Å². The first-order valence-electron chi connectivity index (χ1n) is 33.3. The molecule has 0 saturated carbocycles. The second-order valence-electron chi connectivity index (χ2n) is 25.4. The van der Waals surface area contributed by atoms with Gasteiger partial charge in [0.1, 0.15) is 22.8 Å². The van der Waals surface area contributed by atoms with E-state index in [0.717, 1.165) is 13.1 Å². The molecule has 0 atom stereocenters. The minimum Gasteiger partial charge on any atom is -0.497 e. The molecule has 0 unspecified atom stereocenters. The number of hydrogen-bond donors (Lipinski definition) is 0. The standard InChI is InChI=1S/C25H29N5O5.C23H27N5O5.C23H27N5O4S.3CH4/c1-26(2)12-17-29-21-7-5-4-6-20(21)22(23(25(29)32)30(33)34)27-13-15-28(16-14-27)24(31)18-8-10-19(35-3)11-9-18;2*1-24(2)10-6-11-27-18-8-4-3-7-17(18)20(21(23(27)30)28(31)32)25-12-14-26(15-13-25)22(29)19-9-5-16-33-19;;;/h4-11H,12-17H2,1-3H3;2*3-5,7-9,16H,6,10-15H2,1-2H3;3*1H4. The van der Waals surface area contributed by atoms with E-state index in [1.54, 1.807) is 64.3 Å². The van der Waals surface area contributed by atoms with Crippen molar-refractivity contribution in [3.05, 3.63) is 211 Å². The summed E-state index contributed by atoms with van der Waals surface area (Å²) in [6.45, 7) is 8.02. The number of aromatic nitrogens is 3. The number of para-hydroxylation sites is 3. The number of anilines is 3. The SMILES string of the molecule is C.C.C.CN(C)CCCn1c(=O)c([N+](=O)[O-])c(N2CCN(C(=O)c3ccco3)CC2)c2ccccc21.CN(C)CCCn1c(=O)c([N+](=O)[O-])c(N2CCN(C(=O)c3cccs3)CC2)c2ccccc21.COc1ccc(C(=O)N2CCN(c3c([N+](=O)[O-])c(=O)n(CCN(C)C)c4ccccc34)CC2)cc1. The summed E-state index contributed by atoms with van der Waals surface area (Å²) in [7, 11) is 13.2. The van der Waals surface area contributed by atoms with Crippen LogP contribution in [0.1, 0.15) is 65.7 Å². The van der Waals surface area contributed by atoms with Crippen LogP contribution in [0.4, 0.5) is 34.1 Å². The van der Waals surface area contributed by atoms with Gasteiger partial charge in [-0.3, -0.25) is 59.1 Å². The van der Waals surface area contributed by atoms with E-state index in [1.165, 1.54) is 31.3 Å². The Bertz CT molecular complexity index is 4460. The Kier molecular flexibility index (Phi) is 28.1. The van der Waals surface area contributed by atoms with Crippen LogP contribution in [0.5, 0.6) is 5.75 Å². The monoisotopic (exact) mass is 1450 g/mol. The average Bonchev–Trinajstić information content (AvgIpc) is 0.856. The van der Waals surface area contributed by atoms with Gasteiger partial charge in [-0.1, -0.05) is 82.9 Å². The summed E-state index contributed by atoms with van der Waals surface area (Å²) in [5.41, 5.74) is 0.591. The third kappa shape index (κ3) is 18.0. The van der Waals surface area contributed by atoms with Crippen molar-refractivity contribution in [2.75, 3.05) is 162 Å². The van der Waals surface area contributed by atoms with Crippen LogP contribution in [-0.4, -0.2) is 223 Å². The Morgan fingerprint density at radius 1 is 0.452 bits per heavy atom. The lowest BCUT2D eigenvalue weighted by Crippen LogP contribution is -2.49. The predicted molar refractivity (Wildman–Crippen MR) is 410 cm³/mol. The molecular weight excluding hydrogens is 1350 g/mol. The molecule has 29 nitrogen and oxygen atoms in total. The summed E-state index contributed by atoms with van der Waals surface area (Å²) in [4.78, 5) is 130. The van der Waals surface area contributed by atoms with E-state index >= 15 is 0 Å². The van der Waals surface area contributed by atoms with Gasteiger partial charge in [0, 0.05) is 126 Å². The van der Waals surface area contributed by atoms with Crippen molar-refractivity contribution in [1.82, 2.24) is 43.1 Å². The highest BCUT2D eigenvalue weighted by Gasteiger charge is 2.36. The van der Waals surface area contributed by atoms with Crippen LogP contribution in [0.3, 0.4) is 0 Å². The zero-order chi connectivity index (χ0) is 72.2. The van der Waals surface area contributed by atoms with Gasteiger partial charge in [0.15, 0.2) is 5.76 Å². The number of aryl methyl sites for hydroxylation is 2. The Morgan fingerprint density at radius 3 is 1.15 bits per heavy atom. The van der Waals surface area contributed by atoms with E-state index < -0.39 is 48.5 Å². The molecule has 8 heterocycles. The first-order valence-corrected chi connectivity index (χ1v) is 34.1.